The first-order valence-corrected chi connectivity index (χ1v) is 8.20. The van der Waals surface area contributed by atoms with Gasteiger partial charge in [0.1, 0.15) is 5.75 Å². The largest absolute Gasteiger partial charge is 0.495 e. The highest BCUT2D eigenvalue weighted by Crippen LogP contribution is 2.42. The number of methoxy groups -OCH3 is 1. The Bertz CT molecular complexity index is 651. The highest BCUT2D eigenvalue weighted by Gasteiger charge is 2.34. The third-order valence-electron chi connectivity index (χ3n) is 4.96. The average Bonchev–Trinajstić information content (AvgIpc) is 2.87. The molecular formula is C18H22ClNO2. The van der Waals surface area contributed by atoms with Gasteiger partial charge in [-0.15, -0.1) is 0 Å². The fraction of sp³-hybridized carbons (Fsp3) is 0.500. The van der Waals surface area contributed by atoms with Crippen molar-refractivity contribution in [1.29, 1.82) is 0 Å². The summed E-state index contributed by atoms with van der Waals surface area (Å²) < 4.78 is 5.38. The molecule has 1 atom stereocenters. The van der Waals surface area contributed by atoms with E-state index in [2.05, 4.69) is 6.92 Å². The summed E-state index contributed by atoms with van der Waals surface area (Å²) in [5.74, 6) is 0.676. The SMILES string of the molecule is COc1cc2c(cc1Cl)CCN(C)C(=O)[C@@H]2C1=C(C)CCC1. The number of ether oxygens (including phenoxy) is 1. The minimum Gasteiger partial charge on any atom is -0.495 e. The maximum atomic E-state index is 12.9. The molecule has 0 N–H and O–H groups in total. The standard InChI is InChI=1S/C18H22ClNO2/c1-11-5-4-6-13(11)17-14-10-16(22-3)15(19)9-12(14)7-8-20(2)18(17)21/h9-10,17H,4-8H2,1-3H3/t17-/m1/s1. The predicted octanol–water partition coefficient (Wildman–Crippen LogP) is 3.95. The lowest BCUT2D eigenvalue weighted by Crippen LogP contribution is -2.31. The van der Waals surface area contributed by atoms with Crippen molar-refractivity contribution in [2.45, 2.75) is 38.5 Å². The van der Waals surface area contributed by atoms with Gasteiger partial charge in [0.15, 0.2) is 0 Å². The summed E-state index contributed by atoms with van der Waals surface area (Å²) in [4.78, 5) is 14.8. The first kappa shape index (κ1) is 15.4. The molecule has 0 aromatic heterocycles. The van der Waals surface area contributed by atoms with Crippen molar-refractivity contribution in [2.75, 3.05) is 20.7 Å². The molecule has 118 valence electrons. The van der Waals surface area contributed by atoms with Gasteiger partial charge in [-0.3, -0.25) is 4.79 Å². The maximum Gasteiger partial charge on any atom is 0.234 e. The van der Waals surface area contributed by atoms with Crippen LogP contribution < -0.4 is 4.74 Å². The molecule has 22 heavy (non-hydrogen) atoms. The third kappa shape index (κ3) is 2.52. The molecule has 1 heterocycles. The molecule has 1 amide bonds. The van der Waals surface area contributed by atoms with Crippen molar-refractivity contribution in [1.82, 2.24) is 4.90 Å². The molecule has 2 aliphatic rings. The Kier molecular flexibility index (Phi) is 4.18. The minimum absolute atomic E-state index is 0.170. The average molecular weight is 320 g/mol. The van der Waals surface area contributed by atoms with E-state index in [1.165, 1.54) is 16.7 Å². The Morgan fingerprint density at radius 3 is 2.68 bits per heavy atom. The number of likely N-dealkylation sites (N-methyl/N-ethyl adjacent to an activating group) is 1. The van der Waals surface area contributed by atoms with Crippen LogP contribution in [0.4, 0.5) is 0 Å². The Morgan fingerprint density at radius 2 is 2.05 bits per heavy atom. The van der Waals surface area contributed by atoms with Crippen molar-refractivity contribution in [2.24, 2.45) is 0 Å². The number of halogens is 1. The zero-order valence-electron chi connectivity index (χ0n) is 13.4. The second kappa shape index (κ2) is 5.96. The van der Waals surface area contributed by atoms with Crippen molar-refractivity contribution in [3.8, 4) is 5.75 Å². The van der Waals surface area contributed by atoms with Crippen molar-refractivity contribution in [3.63, 3.8) is 0 Å². The van der Waals surface area contributed by atoms with Crippen molar-refractivity contribution in [3.05, 3.63) is 39.4 Å². The molecule has 0 fully saturated rings. The summed E-state index contributed by atoms with van der Waals surface area (Å²) in [6.07, 6.45) is 4.10. The number of hydrogen-bond acceptors (Lipinski definition) is 2. The van der Waals surface area contributed by atoms with Gasteiger partial charge in [-0.1, -0.05) is 22.7 Å². The normalized spacial score (nSPS) is 21.9. The van der Waals surface area contributed by atoms with Crippen LogP contribution in [-0.2, 0) is 11.2 Å². The number of rotatable bonds is 2. The van der Waals surface area contributed by atoms with Gasteiger partial charge in [0.2, 0.25) is 5.91 Å². The third-order valence-corrected chi connectivity index (χ3v) is 5.25. The number of carbonyl (C=O) groups excluding carboxylic acids is 1. The van der Waals surface area contributed by atoms with E-state index >= 15 is 0 Å². The Balaban J connectivity index is 2.18. The fourth-order valence-electron chi connectivity index (χ4n) is 3.65. The molecule has 1 aliphatic carbocycles. The lowest BCUT2D eigenvalue weighted by atomic mass is 9.85. The van der Waals surface area contributed by atoms with Crippen molar-refractivity contribution >= 4 is 17.5 Å². The zero-order valence-corrected chi connectivity index (χ0v) is 14.2. The van der Waals surface area contributed by atoms with E-state index in [9.17, 15) is 4.79 Å². The molecule has 1 aromatic rings. The van der Waals surface area contributed by atoms with Crippen LogP contribution in [0.1, 0.15) is 43.2 Å². The van der Waals surface area contributed by atoms with Gasteiger partial charge < -0.3 is 9.64 Å². The van der Waals surface area contributed by atoms with Gasteiger partial charge >= 0.3 is 0 Å². The van der Waals surface area contributed by atoms with Gasteiger partial charge in [-0.2, -0.15) is 0 Å². The van der Waals surface area contributed by atoms with Crippen LogP contribution in [0.5, 0.6) is 5.75 Å². The lowest BCUT2D eigenvalue weighted by molar-refractivity contribution is -0.130. The van der Waals surface area contributed by atoms with Gasteiger partial charge in [-0.05, 0) is 55.9 Å². The van der Waals surface area contributed by atoms with Crippen LogP contribution in [-0.4, -0.2) is 31.5 Å². The molecule has 3 nitrogen and oxygen atoms in total. The van der Waals surface area contributed by atoms with E-state index in [1.807, 2.05) is 24.1 Å². The van der Waals surface area contributed by atoms with Gasteiger partial charge in [-0.25, -0.2) is 0 Å². The second-order valence-electron chi connectivity index (χ2n) is 6.29. The van der Waals surface area contributed by atoms with E-state index in [1.54, 1.807) is 7.11 Å². The maximum absolute atomic E-state index is 12.9. The van der Waals surface area contributed by atoms with Crippen LogP contribution >= 0.6 is 11.6 Å². The first-order valence-electron chi connectivity index (χ1n) is 7.82. The summed E-state index contributed by atoms with van der Waals surface area (Å²) in [7, 11) is 3.51. The molecule has 0 saturated carbocycles. The van der Waals surface area contributed by atoms with Crippen molar-refractivity contribution < 1.29 is 9.53 Å². The second-order valence-corrected chi connectivity index (χ2v) is 6.69. The smallest absolute Gasteiger partial charge is 0.234 e. The summed E-state index contributed by atoms with van der Waals surface area (Å²) in [5.41, 5.74) is 4.91. The van der Waals surface area contributed by atoms with Gasteiger partial charge in [0.25, 0.3) is 0 Å². The summed E-state index contributed by atoms with van der Waals surface area (Å²) in [6.45, 7) is 2.89. The lowest BCUT2D eigenvalue weighted by Gasteiger charge is -2.23. The molecule has 1 aromatic carbocycles. The zero-order chi connectivity index (χ0) is 15.9. The number of allylic oxidation sites excluding steroid dienone is 1. The Hall–Kier alpha value is -1.48. The summed E-state index contributed by atoms with van der Waals surface area (Å²) in [5, 5.41) is 0.620. The van der Waals surface area contributed by atoms with Crippen LogP contribution in [0, 0.1) is 0 Å². The number of amides is 1. The van der Waals surface area contributed by atoms with Gasteiger partial charge in [0, 0.05) is 13.6 Å². The topological polar surface area (TPSA) is 29.5 Å². The van der Waals surface area contributed by atoms with E-state index in [0.29, 0.717) is 10.8 Å². The molecule has 0 bridgehead atoms. The predicted molar refractivity (Wildman–Crippen MR) is 88.6 cm³/mol. The number of hydrogen-bond donors (Lipinski definition) is 0. The number of carbonyl (C=O) groups is 1. The molecule has 0 radical (unpaired) electrons. The van der Waals surface area contributed by atoms with E-state index < -0.39 is 0 Å². The van der Waals surface area contributed by atoms with Gasteiger partial charge in [0.05, 0.1) is 18.1 Å². The van der Waals surface area contributed by atoms with E-state index in [0.717, 1.165) is 37.8 Å². The molecular weight excluding hydrogens is 298 g/mol. The summed E-state index contributed by atoms with van der Waals surface area (Å²) >= 11 is 6.29. The van der Waals surface area contributed by atoms with Crippen LogP contribution in [0.3, 0.4) is 0 Å². The Morgan fingerprint density at radius 1 is 1.27 bits per heavy atom. The minimum atomic E-state index is -0.170. The number of nitrogens with zero attached hydrogens (tertiary/aromatic N) is 1. The molecule has 3 rings (SSSR count). The van der Waals surface area contributed by atoms with E-state index in [-0.39, 0.29) is 11.8 Å². The van der Waals surface area contributed by atoms with Crippen LogP contribution in [0.25, 0.3) is 0 Å². The molecule has 1 aliphatic heterocycles. The Labute approximate surface area is 136 Å². The molecule has 0 saturated heterocycles. The monoisotopic (exact) mass is 319 g/mol. The number of benzene rings is 1. The molecule has 4 heteroatoms. The van der Waals surface area contributed by atoms with E-state index in [4.69, 9.17) is 16.3 Å². The van der Waals surface area contributed by atoms with Crippen LogP contribution in [0.2, 0.25) is 5.02 Å². The molecule has 0 unspecified atom stereocenters. The first-order chi connectivity index (χ1) is 10.5. The number of fused-ring (bicyclic) bond motifs is 1. The van der Waals surface area contributed by atoms with Crippen LogP contribution in [0.15, 0.2) is 23.3 Å². The fourth-order valence-corrected chi connectivity index (χ4v) is 3.91. The highest BCUT2D eigenvalue weighted by atomic mass is 35.5. The quantitative estimate of drug-likeness (QED) is 0.773. The highest BCUT2D eigenvalue weighted by molar-refractivity contribution is 6.32. The molecule has 0 spiro atoms. The summed E-state index contributed by atoms with van der Waals surface area (Å²) in [6, 6.07) is 3.94.